The predicted molar refractivity (Wildman–Crippen MR) is 120 cm³/mol. The predicted octanol–water partition coefficient (Wildman–Crippen LogP) is 4.16. The smallest absolute Gasteiger partial charge is 0.142 e. The average Bonchev–Trinajstić information content (AvgIpc) is 3.63. The van der Waals surface area contributed by atoms with Gasteiger partial charge in [0.25, 0.3) is 0 Å². The van der Waals surface area contributed by atoms with Gasteiger partial charge in [0.05, 0.1) is 25.4 Å². The van der Waals surface area contributed by atoms with Crippen molar-refractivity contribution in [2.75, 3.05) is 50.2 Å². The molecule has 2 aliphatic rings. The minimum atomic E-state index is 0.519. The molecule has 0 N–H and O–H groups in total. The summed E-state index contributed by atoms with van der Waals surface area (Å²) in [5, 5.41) is 1.08. The van der Waals surface area contributed by atoms with Crippen LogP contribution in [0.25, 0.3) is 10.9 Å². The molecule has 3 aromatic rings. The highest BCUT2D eigenvalue weighted by atomic mass is 16.5. The molecule has 0 atom stereocenters. The van der Waals surface area contributed by atoms with Crippen LogP contribution in [-0.4, -0.2) is 50.4 Å². The number of nitrogens with zero attached hydrogens (tertiary/aromatic N) is 4. The molecule has 0 spiro atoms. The Balaban J connectivity index is 1.47. The van der Waals surface area contributed by atoms with Gasteiger partial charge in [-0.2, -0.15) is 0 Å². The minimum absolute atomic E-state index is 0.519. The molecule has 6 heteroatoms. The molecule has 5 rings (SSSR count). The highest BCUT2D eigenvalue weighted by molar-refractivity contribution is 5.91. The van der Waals surface area contributed by atoms with Crippen molar-refractivity contribution >= 4 is 22.4 Å². The van der Waals surface area contributed by atoms with Gasteiger partial charge < -0.3 is 19.3 Å². The van der Waals surface area contributed by atoms with Gasteiger partial charge in [0.15, 0.2) is 0 Å². The third-order valence-electron chi connectivity index (χ3n) is 6.16. The molecule has 0 unspecified atom stereocenters. The van der Waals surface area contributed by atoms with Crippen molar-refractivity contribution in [2.45, 2.75) is 25.7 Å². The van der Waals surface area contributed by atoms with Crippen LogP contribution in [0.2, 0.25) is 0 Å². The van der Waals surface area contributed by atoms with Gasteiger partial charge in [0.2, 0.25) is 0 Å². The standard InChI is InChI=1S/C24H28N4O2/c1-16-14-19-18(15-22(16)30-3)24(26-23(25-19)17-8-9-17)28-12-10-27(11-13-28)20-6-4-5-7-21(20)29-2/h4-7,14-15,17H,8-13H2,1-3H3. The van der Waals surface area contributed by atoms with Crippen LogP contribution in [0, 0.1) is 6.92 Å². The fourth-order valence-corrected chi connectivity index (χ4v) is 4.30. The lowest BCUT2D eigenvalue weighted by Crippen LogP contribution is -2.47. The maximum Gasteiger partial charge on any atom is 0.142 e. The zero-order valence-electron chi connectivity index (χ0n) is 17.9. The van der Waals surface area contributed by atoms with Crippen molar-refractivity contribution < 1.29 is 9.47 Å². The Morgan fingerprint density at radius 3 is 2.27 bits per heavy atom. The van der Waals surface area contributed by atoms with Crippen molar-refractivity contribution in [2.24, 2.45) is 0 Å². The Labute approximate surface area is 177 Å². The Morgan fingerprint density at radius 1 is 0.867 bits per heavy atom. The summed E-state index contributed by atoms with van der Waals surface area (Å²) in [5.74, 6) is 4.37. The van der Waals surface area contributed by atoms with Gasteiger partial charge in [-0.3, -0.25) is 0 Å². The minimum Gasteiger partial charge on any atom is -0.496 e. The first-order chi connectivity index (χ1) is 14.7. The summed E-state index contributed by atoms with van der Waals surface area (Å²) in [5.41, 5.74) is 3.29. The van der Waals surface area contributed by atoms with Gasteiger partial charge in [-0.25, -0.2) is 9.97 Å². The lowest BCUT2D eigenvalue weighted by molar-refractivity contribution is 0.412. The number of anilines is 2. The van der Waals surface area contributed by atoms with Gasteiger partial charge in [-0.05, 0) is 49.6 Å². The highest BCUT2D eigenvalue weighted by Gasteiger charge is 2.29. The maximum absolute atomic E-state index is 5.59. The Morgan fingerprint density at radius 2 is 1.57 bits per heavy atom. The molecular weight excluding hydrogens is 376 g/mol. The number of hydrogen-bond acceptors (Lipinski definition) is 6. The van der Waals surface area contributed by atoms with E-state index in [1.54, 1.807) is 14.2 Å². The molecule has 1 saturated carbocycles. The molecule has 1 aliphatic carbocycles. The Bertz CT molecular complexity index is 1070. The molecule has 1 aromatic heterocycles. The van der Waals surface area contributed by atoms with Crippen LogP contribution in [-0.2, 0) is 0 Å². The van der Waals surface area contributed by atoms with Gasteiger partial charge in [0.1, 0.15) is 23.1 Å². The zero-order chi connectivity index (χ0) is 20.7. The molecule has 2 fully saturated rings. The summed E-state index contributed by atoms with van der Waals surface area (Å²) in [6.45, 7) is 5.74. The molecule has 1 saturated heterocycles. The van der Waals surface area contributed by atoms with Crippen LogP contribution in [0.15, 0.2) is 36.4 Å². The second-order valence-corrected chi connectivity index (χ2v) is 8.16. The fourth-order valence-electron chi connectivity index (χ4n) is 4.30. The molecule has 6 nitrogen and oxygen atoms in total. The molecule has 2 heterocycles. The summed E-state index contributed by atoms with van der Waals surface area (Å²) in [6.07, 6.45) is 2.39. The van der Waals surface area contributed by atoms with E-state index in [-0.39, 0.29) is 0 Å². The summed E-state index contributed by atoms with van der Waals surface area (Å²) in [7, 11) is 3.45. The second kappa shape index (κ2) is 7.67. The number of aryl methyl sites for hydroxylation is 1. The van der Waals surface area contributed by atoms with Crippen LogP contribution < -0.4 is 19.3 Å². The van der Waals surface area contributed by atoms with Crippen LogP contribution >= 0.6 is 0 Å². The van der Waals surface area contributed by atoms with Crippen molar-refractivity contribution in [1.82, 2.24) is 9.97 Å². The van der Waals surface area contributed by atoms with Crippen LogP contribution in [0.5, 0.6) is 11.5 Å². The SMILES string of the molecule is COc1cc2c(N3CCN(c4ccccc4OC)CC3)nc(C3CC3)nc2cc1C. The number of para-hydroxylation sites is 2. The summed E-state index contributed by atoms with van der Waals surface area (Å²) in [6, 6.07) is 12.5. The van der Waals surface area contributed by atoms with Gasteiger partial charge in [0, 0.05) is 37.5 Å². The van der Waals surface area contributed by atoms with E-state index in [0.29, 0.717) is 5.92 Å². The normalized spacial score (nSPS) is 16.8. The Kier molecular flexibility index (Phi) is 4.85. The van der Waals surface area contributed by atoms with Crippen LogP contribution in [0.4, 0.5) is 11.5 Å². The number of aromatic nitrogens is 2. The van der Waals surface area contributed by atoms with Crippen LogP contribution in [0.1, 0.15) is 30.1 Å². The number of methoxy groups -OCH3 is 2. The van der Waals surface area contributed by atoms with E-state index < -0.39 is 0 Å². The van der Waals surface area contributed by atoms with Gasteiger partial charge in [-0.1, -0.05) is 12.1 Å². The number of benzene rings is 2. The highest BCUT2D eigenvalue weighted by Crippen LogP contribution is 2.41. The lowest BCUT2D eigenvalue weighted by atomic mass is 10.1. The van der Waals surface area contributed by atoms with Gasteiger partial charge in [-0.15, -0.1) is 0 Å². The lowest BCUT2D eigenvalue weighted by Gasteiger charge is -2.37. The molecular formula is C24H28N4O2. The number of rotatable bonds is 5. The van der Waals surface area contributed by atoms with E-state index in [0.717, 1.165) is 71.5 Å². The first-order valence-electron chi connectivity index (χ1n) is 10.7. The third-order valence-corrected chi connectivity index (χ3v) is 6.16. The van der Waals surface area contributed by atoms with Crippen molar-refractivity contribution in [3.05, 3.63) is 47.8 Å². The first-order valence-corrected chi connectivity index (χ1v) is 10.7. The van der Waals surface area contributed by atoms with E-state index >= 15 is 0 Å². The van der Waals surface area contributed by atoms with Crippen molar-refractivity contribution in [1.29, 1.82) is 0 Å². The van der Waals surface area contributed by atoms with Crippen LogP contribution in [0.3, 0.4) is 0 Å². The van der Waals surface area contributed by atoms with Crippen molar-refractivity contribution in [3.8, 4) is 11.5 Å². The first kappa shape index (κ1) is 19.0. The monoisotopic (exact) mass is 404 g/mol. The molecule has 0 amide bonds. The number of hydrogen-bond donors (Lipinski definition) is 0. The average molecular weight is 405 g/mol. The zero-order valence-corrected chi connectivity index (χ0v) is 17.9. The number of piperazine rings is 1. The summed E-state index contributed by atoms with van der Waals surface area (Å²) >= 11 is 0. The molecule has 0 bridgehead atoms. The molecule has 156 valence electrons. The fraction of sp³-hybridized carbons (Fsp3) is 0.417. The number of ether oxygens (including phenoxy) is 2. The summed E-state index contributed by atoms with van der Waals surface area (Å²) in [4.78, 5) is 14.7. The summed E-state index contributed by atoms with van der Waals surface area (Å²) < 4.78 is 11.2. The van der Waals surface area contributed by atoms with Gasteiger partial charge >= 0.3 is 0 Å². The van der Waals surface area contributed by atoms with E-state index in [9.17, 15) is 0 Å². The molecule has 2 aromatic carbocycles. The Hall–Kier alpha value is -3.02. The van der Waals surface area contributed by atoms with E-state index in [1.165, 1.54) is 12.8 Å². The topological polar surface area (TPSA) is 50.7 Å². The molecule has 30 heavy (non-hydrogen) atoms. The van der Waals surface area contributed by atoms with E-state index in [1.807, 2.05) is 12.1 Å². The quantitative estimate of drug-likeness (QED) is 0.637. The second-order valence-electron chi connectivity index (χ2n) is 8.16. The molecule has 1 aliphatic heterocycles. The van der Waals surface area contributed by atoms with Crippen molar-refractivity contribution in [3.63, 3.8) is 0 Å². The maximum atomic E-state index is 5.59. The molecule has 0 radical (unpaired) electrons. The third kappa shape index (κ3) is 3.40. The number of fused-ring (bicyclic) bond motifs is 1. The van der Waals surface area contributed by atoms with E-state index in [2.05, 4.69) is 41.0 Å². The largest absolute Gasteiger partial charge is 0.496 e. The van der Waals surface area contributed by atoms with E-state index in [4.69, 9.17) is 19.4 Å².